The predicted octanol–water partition coefficient (Wildman–Crippen LogP) is 11.3. The number of hydrogen-bond acceptors (Lipinski definition) is 4. The molecule has 0 aliphatic heterocycles. The molecule has 0 spiro atoms. The lowest BCUT2D eigenvalue weighted by atomic mass is 9.93. The van der Waals surface area contributed by atoms with Gasteiger partial charge in [-0.05, 0) is 46.8 Å². The molecule has 0 radical (unpaired) electrons. The van der Waals surface area contributed by atoms with Crippen molar-refractivity contribution in [1.82, 2.24) is 15.0 Å². The van der Waals surface area contributed by atoms with E-state index in [-0.39, 0.29) is 0 Å². The molecule has 47 heavy (non-hydrogen) atoms. The van der Waals surface area contributed by atoms with Crippen LogP contribution in [0.2, 0.25) is 0 Å². The molecular formula is C43H27N3O. The van der Waals surface area contributed by atoms with Crippen LogP contribution in [0.4, 0.5) is 0 Å². The predicted molar refractivity (Wildman–Crippen MR) is 192 cm³/mol. The van der Waals surface area contributed by atoms with Gasteiger partial charge in [-0.2, -0.15) is 0 Å². The van der Waals surface area contributed by atoms with Gasteiger partial charge in [0, 0.05) is 44.6 Å². The highest BCUT2D eigenvalue weighted by molar-refractivity contribution is 6.22. The van der Waals surface area contributed by atoms with Gasteiger partial charge in [-0.25, -0.2) is 9.97 Å². The van der Waals surface area contributed by atoms with E-state index in [4.69, 9.17) is 14.4 Å². The van der Waals surface area contributed by atoms with E-state index in [1.807, 2.05) is 72.9 Å². The maximum absolute atomic E-state index is 6.55. The largest absolute Gasteiger partial charge is 0.455 e. The summed E-state index contributed by atoms with van der Waals surface area (Å²) >= 11 is 0. The molecule has 9 aromatic rings. The van der Waals surface area contributed by atoms with Crippen LogP contribution in [0, 0.1) is 0 Å². The third-order valence-electron chi connectivity index (χ3n) is 8.76. The Morgan fingerprint density at radius 3 is 1.77 bits per heavy atom. The van der Waals surface area contributed by atoms with Crippen molar-refractivity contribution in [2.45, 2.75) is 0 Å². The van der Waals surface area contributed by atoms with E-state index in [0.29, 0.717) is 5.82 Å². The highest BCUT2D eigenvalue weighted by Crippen LogP contribution is 2.43. The molecule has 6 aromatic carbocycles. The van der Waals surface area contributed by atoms with Crippen LogP contribution in [-0.2, 0) is 0 Å². The summed E-state index contributed by atoms with van der Waals surface area (Å²) in [4.78, 5) is 14.6. The van der Waals surface area contributed by atoms with Gasteiger partial charge < -0.3 is 4.42 Å². The number of rotatable bonds is 5. The Labute approximate surface area is 271 Å². The molecule has 0 N–H and O–H groups in total. The molecule has 4 heteroatoms. The molecule has 3 heterocycles. The molecule has 0 unspecified atom stereocenters. The number of furan rings is 1. The fourth-order valence-electron chi connectivity index (χ4n) is 6.51. The minimum Gasteiger partial charge on any atom is -0.455 e. The van der Waals surface area contributed by atoms with Gasteiger partial charge >= 0.3 is 0 Å². The fraction of sp³-hybridized carbons (Fsp3) is 0. The first kappa shape index (κ1) is 27.0. The molecule has 0 bridgehead atoms. The summed E-state index contributed by atoms with van der Waals surface area (Å²) in [5, 5.41) is 4.39. The first-order valence-corrected chi connectivity index (χ1v) is 15.7. The Balaban J connectivity index is 1.21. The van der Waals surface area contributed by atoms with E-state index in [1.165, 1.54) is 0 Å². The zero-order chi connectivity index (χ0) is 31.2. The number of pyridine rings is 1. The van der Waals surface area contributed by atoms with Gasteiger partial charge in [0.25, 0.3) is 0 Å². The number of fused-ring (bicyclic) bond motifs is 5. The van der Waals surface area contributed by atoms with Crippen LogP contribution < -0.4 is 0 Å². The van der Waals surface area contributed by atoms with Crippen molar-refractivity contribution in [3.63, 3.8) is 0 Å². The Morgan fingerprint density at radius 1 is 0.404 bits per heavy atom. The van der Waals surface area contributed by atoms with Crippen LogP contribution in [0.15, 0.2) is 168 Å². The second kappa shape index (κ2) is 11.2. The normalized spacial score (nSPS) is 11.4. The summed E-state index contributed by atoms with van der Waals surface area (Å²) in [6, 6.07) is 54.2. The average Bonchev–Trinajstić information content (AvgIpc) is 3.55. The topological polar surface area (TPSA) is 51.8 Å². The van der Waals surface area contributed by atoms with Gasteiger partial charge in [-0.15, -0.1) is 0 Å². The molecule has 0 saturated heterocycles. The summed E-state index contributed by atoms with van der Waals surface area (Å²) in [6.45, 7) is 0. The van der Waals surface area contributed by atoms with Crippen molar-refractivity contribution in [3.05, 3.63) is 164 Å². The Bertz CT molecular complexity index is 2480. The molecule has 0 fully saturated rings. The van der Waals surface area contributed by atoms with Crippen LogP contribution in [0.25, 0.3) is 89.0 Å². The minimum atomic E-state index is 0.707. The maximum atomic E-state index is 6.55. The van der Waals surface area contributed by atoms with Gasteiger partial charge in [0.1, 0.15) is 11.2 Å². The fourth-order valence-corrected chi connectivity index (χ4v) is 6.51. The highest BCUT2D eigenvalue weighted by Gasteiger charge is 2.18. The van der Waals surface area contributed by atoms with Crippen molar-refractivity contribution in [3.8, 4) is 56.3 Å². The SMILES string of the molecule is c1ccc(-c2cc(-c3ccc(-c4cc5c(oc6cccc(-c7ccccn7)c65)c5ccccc45)cc3)nc(-c3ccccc3)n2)cc1. The van der Waals surface area contributed by atoms with Crippen LogP contribution in [0.5, 0.6) is 0 Å². The maximum Gasteiger partial charge on any atom is 0.160 e. The van der Waals surface area contributed by atoms with E-state index in [0.717, 1.165) is 83.2 Å². The summed E-state index contributed by atoms with van der Waals surface area (Å²) < 4.78 is 6.55. The lowest BCUT2D eigenvalue weighted by Gasteiger charge is -2.11. The van der Waals surface area contributed by atoms with Crippen molar-refractivity contribution in [2.75, 3.05) is 0 Å². The second-order valence-electron chi connectivity index (χ2n) is 11.6. The van der Waals surface area contributed by atoms with Crippen molar-refractivity contribution >= 4 is 32.7 Å². The van der Waals surface area contributed by atoms with Gasteiger partial charge in [0.2, 0.25) is 0 Å². The molecular weight excluding hydrogens is 574 g/mol. The number of aromatic nitrogens is 3. The third-order valence-corrected chi connectivity index (χ3v) is 8.76. The van der Waals surface area contributed by atoms with Crippen molar-refractivity contribution in [2.24, 2.45) is 0 Å². The summed E-state index contributed by atoms with van der Waals surface area (Å²) in [5.41, 5.74) is 10.9. The number of benzene rings is 6. The van der Waals surface area contributed by atoms with E-state index in [2.05, 4.69) is 96.0 Å². The van der Waals surface area contributed by atoms with Gasteiger partial charge in [0.15, 0.2) is 5.82 Å². The Kier molecular flexibility index (Phi) is 6.43. The van der Waals surface area contributed by atoms with E-state index >= 15 is 0 Å². The minimum absolute atomic E-state index is 0.707. The molecule has 9 rings (SSSR count). The second-order valence-corrected chi connectivity index (χ2v) is 11.6. The number of nitrogens with zero attached hydrogens (tertiary/aromatic N) is 3. The Morgan fingerprint density at radius 2 is 1.04 bits per heavy atom. The molecule has 0 aliphatic rings. The molecule has 220 valence electrons. The highest BCUT2D eigenvalue weighted by atomic mass is 16.3. The summed E-state index contributed by atoms with van der Waals surface area (Å²) in [7, 11) is 0. The average molecular weight is 602 g/mol. The molecule has 4 nitrogen and oxygen atoms in total. The lowest BCUT2D eigenvalue weighted by molar-refractivity contribution is 0.673. The molecule has 3 aromatic heterocycles. The van der Waals surface area contributed by atoms with Crippen LogP contribution in [0.3, 0.4) is 0 Å². The van der Waals surface area contributed by atoms with Crippen molar-refractivity contribution < 1.29 is 4.42 Å². The van der Waals surface area contributed by atoms with Gasteiger partial charge in [-0.1, -0.05) is 127 Å². The molecule has 0 saturated carbocycles. The molecule has 0 aliphatic carbocycles. The van der Waals surface area contributed by atoms with Crippen LogP contribution >= 0.6 is 0 Å². The zero-order valence-electron chi connectivity index (χ0n) is 25.3. The molecule has 0 atom stereocenters. The Hall–Kier alpha value is -6.39. The van der Waals surface area contributed by atoms with E-state index < -0.39 is 0 Å². The van der Waals surface area contributed by atoms with E-state index in [9.17, 15) is 0 Å². The smallest absolute Gasteiger partial charge is 0.160 e. The quantitative estimate of drug-likeness (QED) is 0.197. The monoisotopic (exact) mass is 601 g/mol. The van der Waals surface area contributed by atoms with E-state index in [1.54, 1.807) is 0 Å². The van der Waals surface area contributed by atoms with Gasteiger partial charge in [-0.3, -0.25) is 4.98 Å². The zero-order valence-corrected chi connectivity index (χ0v) is 25.3. The third kappa shape index (κ3) is 4.75. The standard InChI is InChI=1S/C43H27N3O/c1-3-12-29(13-4-1)38-27-39(46-43(45-38)31-14-5-2-6-15-31)30-23-21-28(22-24-30)35-26-36-41-34(37-19-9-10-25-44-37)18-11-20-40(41)47-42(36)33-17-8-7-16-32(33)35/h1-27H. The summed E-state index contributed by atoms with van der Waals surface area (Å²) in [5.74, 6) is 0.707. The lowest BCUT2D eigenvalue weighted by Crippen LogP contribution is -1.95. The first-order chi connectivity index (χ1) is 23.3. The van der Waals surface area contributed by atoms with Gasteiger partial charge in [0.05, 0.1) is 17.1 Å². The van der Waals surface area contributed by atoms with Crippen LogP contribution in [0.1, 0.15) is 0 Å². The number of hydrogen-bond donors (Lipinski definition) is 0. The van der Waals surface area contributed by atoms with Crippen molar-refractivity contribution in [1.29, 1.82) is 0 Å². The molecule has 0 amide bonds. The van der Waals surface area contributed by atoms with Crippen LogP contribution in [-0.4, -0.2) is 15.0 Å². The first-order valence-electron chi connectivity index (χ1n) is 15.7. The summed E-state index contributed by atoms with van der Waals surface area (Å²) in [6.07, 6.45) is 1.84.